The molecule has 4 nitrogen and oxygen atoms in total. The Labute approximate surface area is 125 Å². The number of benzene rings is 1. The largest absolute Gasteiger partial charge is 0.481 e. The van der Waals surface area contributed by atoms with Crippen LogP contribution in [0.25, 0.3) is 0 Å². The molecule has 1 aliphatic rings. The first-order chi connectivity index (χ1) is 10.3. The van der Waals surface area contributed by atoms with Gasteiger partial charge in [0.15, 0.2) is 0 Å². The molecule has 3 rings (SSSR count). The molecule has 0 bridgehead atoms. The molecule has 4 heteroatoms. The van der Waals surface area contributed by atoms with Gasteiger partial charge in [0.25, 0.3) is 0 Å². The van der Waals surface area contributed by atoms with Gasteiger partial charge in [0.05, 0.1) is 7.11 Å². The molecule has 0 amide bonds. The fourth-order valence-electron chi connectivity index (χ4n) is 3.10. The Morgan fingerprint density at radius 1 is 1.33 bits per heavy atom. The van der Waals surface area contributed by atoms with Crippen molar-refractivity contribution in [2.24, 2.45) is 0 Å². The van der Waals surface area contributed by atoms with E-state index in [2.05, 4.69) is 46.5 Å². The number of rotatable bonds is 6. The van der Waals surface area contributed by atoms with Crippen LogP contribution in [0.5, 0.6) is 5.88 Å². The highest BCUT2D eigenvalue weighted by Crippen LogP contribution is 2.38. The van der Waals surface area contributed by atoms with Gasteiger partial charge in [0.2, 0.25) is 5.88 Å². The lowest BCUT2D eigenvalue weighted by Gasteiger charge is -2.37. The summed E-state index contributed by atoms with van der Waals surface area (Å²) in [6, 6.07) is 11.0. The minimum absolute atomic E-state index is 0.407. The summed E-state index contributed by atoms with van der Waals surface area (Å²) in [7, 11) is 1.63. The van der Waals surface area contributed by atoms with Crippen LogP contribution in [-0.2, 0) is 12.8 Å². The summed E-state index contributed by atoms with van der Waals surface area (Å²) < 4.78 is 5.18. The van der Waals surface area contributed by atoms with Crippen LogP contribution in [0.1, 0.15) is 29.7 Å². The predicted molar refractivity (Wildman–Crippen MR) is 82.6 cm³/mol. The van der Waals surface area contributed by atoms with Gasteiger partial charge in [0.1, 0.15) is 6.33 Å². The summed E-state index contributed by atoms with van der Waals surface area (Å²) in [5.74, 6) is 1.20. The summed E-state index contributed by atoms with van der Waals surface area (Å²) in [4.78, 5) is 8.45. The maximum absolute atomic E-state index is 5.18. The van der Waals surface area contributed by atoms with Gasteiger partial charge >= 0.3 is 0 Å². The van der Waals surface area contributed by atoms with Crippen LogP contribution >= 0.6 is 0 Å². The van der Waals surface area contributed by atoms with Crippen molar-refractivity contribution in [3.8, 4) is 5.88 Å². The van der Waals surface area contributed by atoms with Gasteiger partial charge in [-0.1, -0.05) is 31.2 Å². The van der Waals surface area contributed by atoms with Crippen LogP contribution in [0.2, 0.25) is 0 Å². The minimum atomic E-state index is 0.407. The third-order valence-electron chi connectivity index (χ3n) is 4.18. The lowest BCUT2D eigenvalue weighted by atomic mass is 9.72. The van der Waals surface area contributed by atoms with Crippen LogP contribution in [-0.4, -0.2) is 29.7 Å². The zero-order chi connectivity index (χ0) is 14.7. The molecule has 0 saturated heterocycles. The molecule has 0 saturated carbocycles. The summed E-state index contributed by atoms with van der Waals surface area (Å²) in [5, 5.41) is 3.61. The van der Waals surface area contributed by atoms with Gasteiger partial charge in [0, 0.05) is 30.1 Å². The molecule has 0 aliphatic heterocycles. The Morgan fingerprint density at radius 3 is 2.95 bits per heavy atom. The van der Waals surface area contributed by atoms with Crippen molar-refractivity contribution >= 4 is 0 Å². The Morgan fingerprint density at radius 2 is 2.19 bits per heavy atom. The highest BCUT2D eigenvalue weighted by Gasteiger charge is 2.32. The third-order valence-corrected chi connectivity index (χ3v) is 4.18. The standard InChI is InChI=1S/C17H21N3O/c1-3-18-16(9-13-10-17(21-2)20-11-19-13)15-8-12-6-4-5-7-14(12)15/h4-7,10-11,15-16,18H,3,8-9H2,1-2H3. The number of hydrogen-bond acceptors (Lipinski definition) is 4. The first kappa shape index (κ1) is 14.0. The maximum Gasteiger partial charge on any atom is 0.216 e. The first-order valence-corrected chi connectivity index (χ1v) is 7.48. The van der Waals surface area contributed by atoms with Gasteiger partial charge < -0.3 is 10.1 Å². The Bertz CT molecular complexity index is 614. The average Bonchev–Trinajstić information content (AvgIpc) is 2.49. The monoisotopic (exact) mass is 283 g/mol. The summed E-state index contributed by atoms with van der Waals surface area (Å²) in [5.41, 5.74) is 3.98. The van der Waals surface area contributed by atoms with Gasteiger partial charge in [-0.3, -0.25) is 0 Å². The summed E-state index contributed by atoms with van der Waals surface area (Å²) in [6.45, 7) is 3.11. The molecule has 2 aromatic rings. The summed E-state index contributed by atoms with van der Waals surface area (Å²) in [6.07, 6.45) is 3.62. The van der Waals surface area contributed by atoms with Crippen molar-refractivity contribution in [3.05, 3.63) is 53.5 Å². The normalized spacial score (nSPS) is 17.7. The molecule has 0 radical (unpaired) electrons. The topological polar surface area (TPSA) is 47.0 Å². The minimum Gasteiger partial charge on any atom is -0.481 e. The molecule has 0 spiro atoms. The molecule has 1 aliphatic carbocycles. The van der Waals surface area contributed by atoms with E-state index in [9.17, 15) is 0 Å². The zero-order valence-corrected chi connectivity index (χ0v) is 12.5. The van der Waals surface area contributed by atoms with E-state index >= 15 is 0 Å². The van der Waals surface area contributed by atoms with E-state index in [0.717, 1.165) is 25.1 Å². The number of ether oxygens (including phenoxy) is 1. The average molecular weight is 283 g/mol. The number of likely N-dealkylation sites (N-methyl/N-ethyl adjacent to an activating group) is 1. The zero-order valence-electron chi connectivity index (χ0n) is 12.5. The highest BCUT2D eigenvalue weighted by molar-refractivity contribution is 5.41. The number of hydrogen-bond donors (Lipinski definition) is 1. The van der Waals surface area contributed by atoms with Crippen LogP contribution in [0.3, 0.4) is 0 Å². The van der Waals surface area contributed by atoms with E-state index in [1.807, 2.05) is 6.07 Å². The SMILES string of the molecule is CCNC(Cc1cc(OC)ncn1)C1Cc2ccccc21. The Balaban J connectivity index is 1.76. The third kappa shape index (κ3) is 2.90. The lowest BCUT2D eigenvalue weighted by Crippen LogP contribution is -2.41. The second-order valence-corrected chi connectivity index (χ2v) is 5.43. The fraction of sp³-hybridized carbons (Fsp3) is 0.412. The number of nitrogens with one attached hydrogen (secondary N) is 1. The van der Waals surface area contributed by atoms with Crippen LogP contribution in [0.4, 0.5) is 0 Å². The van der Waals surface area contributed by atoms with Crippen molar-refractivity contribution in [1.82, 2.24) is 15.3 Å². The van der Waals surface area contributed by atoms with Gasteiger partial charge in [-0.15, -0.1) is 0 Å². The molecule has 1 aromatic heterocycles. The van der Waals surface area contributed by atoms with Crippen molar-refractivity contribution in [2.45, 2.75) is 31.7 Å². The van der Waals surface area contributed by atoms with Crippen LogP contribution < -0.4 is 10.1 Å². The van der Waals surface area contributed by atoms with Crippen molar-refractivity contribution in [1.29, 1.82) is 0 Å². The van der Waals surface area contributed by atoms with Crippen molar-refractivity contribution < 1.29 is 4.74 Å². The van der Waals surface area contributed by atoms with Gasteiger partial charge in [-0.05, 0) is 24.1 Å². The van der Waals surface area contributed by atoms with Crippen LogP contribution in [0, 0.1) is 0 Å². The second-order valence-electron chi connectivity index (χ2n) is 5.43. The Hall–Kier alpha value is -1.94. The second kappa shape index (κ2) is 6.22. The summed E-state index contributed by atoms with van der Waals surface area (Å²) >= 11 is 0. The highest BCUT2D eigenvalue weighted by atomic mass is 16.5. The quantitative estimate of drug-likeness (QED) is 0.884. The molecular formula is C17H21N3O. The van der Waals surface area contributed by atoms with E-state index in [-0.39, 0.29) is 0 Å². The molecule has 110 valence electrons. The van der Waals surface area contributed by atoms with E-state index in [1.54, 1.807) is 13.4 Å². The van der Waals surface area contributed by atoms with E-state index in [4.69, 9.17) is 4.74 Å². The number of methoxy groups -OCH3 is 1. The number of nitrogens with zero attached hydrogens (tertiary/aromatic N) is 2. The van der Waals surface area contributed by atoms with Crippen molar-refractivity contribution in [3.63, 3.8) is 0 Å². The molecule has 1 N–H and O–H groups in total. The molecule has 1 heterocycles. The van der Waals surface area contributed by atoms with E-state index in [1.165, 1.54) is 11.1 Å². The van der Waals surface area contributed by atoms with Gasteiger partial charge in [-0.25, -0.2) is 9.97 Å². The van der Waals surface area contributed by atoms with Crippen LogP contribution in [0.15, 0.2) is 36.7 Å². The molecule has 21 heavy (non-hydrogen) atoms. The maximum atomic E-state index is 5.18. The lowest BCUT2D eigenvalue weighted by molar-refractivity contribution is 0.388. The van der Waals surface area contributed by atoms with Crippen molar-refractivity contribution in [2.75, 3.05) is 13.7 Å². The Kier molecular flexibility index (Phi) is 4.15. The molecule has 2 unspecified atom stereocenters. The number of aromatic nitrogens is 2. The van der Waals surface area contributed by atoms with E-state index < -0.39 is 0 Å². The molecule has 2 atom stereocenters. The van der Waals surface area contributed by atoms with Gasteiger partial charge in [-0.2, -0.15) is 0 Å². The predicted octanol–water partition coefficient (Wildman–Crippen LogP) is 2.35. The number of fused-ring (bicyclic) bond motifs is 1. The molecule has 0 fully saturated rings. The first-order valence-electron chi connectivity index (χ1n) is 7.48. The molecule has 1 aromatic carbocycles. The molecular weight excluding hydrogens is 262 g/mol. The fourth-order valence-corrected chi connectivity index (χ4v) is 3.10. The smallest absolute Gasteiger partial charge is 0.216 e. The van der Waals surface area contributed by atoms with E-state index in [0.29, 0.717) is 17.8 Å².